The maximum absolute atomic E-state index is 14.2. The molecule has 1 fully saturated rings. The smallest absolute Gasteiger partial charge is 0.338 e. The Hall–Kier alpha value is -3.80. The standard InChI is InChI=1S/C35H42N2O4/c1-8-21(4)28-22(5)13-12-14-25(28)30-31-26(36-33(37-15-10-11-16-37)32(30)34(38)40-9-2)19-27(41-35(31)39)29-23(6)17-20(3)18-24(29)7/h8,12-14,17-18,27,30,36H,9-11,15-16,19H2,1-7H3/b21-8-. The van der Waals surface area contributed by atoms with Gasteiger partial charge in [-0.1, -0.05) is 42.0 Å². The summed E-state index contributed by atoms with van der Waals surface area (Å²) in [6.45, 7) is 16.2. The second-order valence-electron chi connectivity index (χ2n) is 11.5. The Kier molecular flexibility index (Phi) is 8.12. The van der Waals surface area contributed by atoms with Gasteiger partial charge in [0.25, 0.3) is 0 Å². The molecule has 2 atom stereocenters. The van der Waals surface area contributed by atoms with Crippen LogP contribution in [0.5, 0.6) is 0 Å². The van der Waals surface area contributed by atoms with Crippen LogP contribution in [0.15, 0.2) is 59.1 Å². The average molecular weight is 555 g/mol. The summed E-state index contributed by atoms with van der Waals surface area (Å²) in [6, 6.07) is 10.4. The van der Waals surface area contributed by atoms with Crippen molar-refractivity contribution in [1.29, 1.82) is 0 Å². The average Bonchev–Trinajstić information content (AvgIpc) is 3.46. The normalized spacial score (nSPS) is 21.1. The first-order chi connectivity index (χ1) is 19.7. The number of benzene rings is 2. The van der Waals surface area contributed by atoms with E-state index in [1.807, 2.05) is 26.0 Å². The molecular formula is C35H42N2O4. The van der Waals surface area contributed by atoms with Crippen molar-refractivity contribution in [1.82, 2.24) is 10.2 Å². The number of likely N-dealkylation sites (tertiary alicyclic amines) is 1. The molecule has 6 nitrogen and oxygen atoms in total. The first kappa shape index (κ1) is 28.7. The molecule has 1 saturated heterocycles. The summed E-state index contributed by atoms with van der Waals surface area (Å²) < 4.78 is 11.9. The second kappa shape index (κ2) is 11.6. The Labute approximate surface area is 244 Å². The number of rotatable bonds is 6. The van der Waals surface area contributed by atoms with Gasteiger partial charge in [-0.25, -0.2) is 9.59 Å². The minimum Gasteiger partial charge on any atom is -0.463 e. The van der Waals surface area contributed by atoms with Gasteiger partial charge in [-0.05, 0) is 100 Å². The van der Waals surface area contributed by atoms with Crippen LogP contribution < -0.4 is 5.32 Å². The largest absolute Gasteiger partial charge is 0.463 e. The Morgan fingerprint density at radius 1 is 1.10 bits per heavy atom. The number of nitrogens with zero attached hydrogens (tertiary/aromatic N) is 1. The Balaban J connectivity index is 1.75. The van der Waals surface area contributed by atoms with E-state index in [0.29, 0.717) is 17.6 Å². The van der Waals surface area contributed by atoms with Gasteiger partial charge in [-0.3, -0.25) is 0 Å². The van der Waals surface area contributed by atoms with Gasteiger partial charge >= 0.3 is 11.9 Å². The van der Waals surface area contributed by atoms with Crippen LogP contribution in [-0.4, -0.2) is 36.5 Å². The van der Waals surface area contributed by atoms with Gasteiger partial charge in [0.2, 0.25) is 0 Å². The zero-order valence-corrected chi connectivity index (χ0v) is 25.4. The summed E-state index contributed by atoms with van der Waals surface area (Å²) in [5, 5.41) is 3.61. The number of hydrogen-bond acceptors (Lipinski definition) is 6. The molecule has 5 rings (SSSR count). The Morgan fingerprint density at radius 2 is 1.78 bits per heavy atom. The van der Waals surface area contributed by atoms with Crippen LogP contribution in [0.2, 0.25) is 0 Å². The molecule has 0 amide bonds. The van der Waals surface area contributed by atoms with Crippen LogP contribution >= 0.6 is 0 Å². The number of ether oxygens (including phenoxy) is 2. The number of carbonyl (C=O) groups is 2. The van der Waals surface area contributed by atoms with E-state index in [-0.39, 0.29) is 12.6 Å². The first-order valence-corrected chi connectivity index (χ1v) is 14.8. The van der Waals surface area contributed by atoms with Crippen molar-refractivity contribution in [3.63, 3.8) is 0 Å². The molecule has 0 aliphatic carbocycles. The van der Waals surface area contributed by atoms with Gasteiger partial charge < -0.3 is 19.7 Å². The predicted molar refractivity (Wildman–Crippen MR) is 162 cm³/mol. The van der Waals surface area contributed by atoms with Crippen molar-refractivity contribution < 1.29 is 19.1 Å². The summed E-state index contributed by atoms with van der Waals surface area (Å²) in [6.07, 6.45) is 4.29. The van der Waals surface area contributed by atoms with Crippen molar-refractivity contribution >= 4 is 17.5 Å². The van der Waals surface area contributed by atoms with E-state index in [4.69, 9.17) is 9.47 Å². The van der Waals surface area contributed by atoms with Crippen LogP contribution in [-0.2, 0) is 19.1 Å². The molecule has 2 aromatic rings. The van der Waals surface area contributed by atoms with Gasteiger partial charge in [-0.2, -0.15) is 0 Å². The molecule has 3 aliphatic rings. The second-order valence-corrected chi connectivity index (χ2v) is 11.5. The van der Waals surface area contributed by atoms with Crippen molar-refractivity contribution in [3.05, 3.63) is 98.0 Å². The first-order valence-electron chi connectivity index (χ1n) is 14.8. The van der Waals surface area contributed by atoms with Crippen molar-refractivity contribution in [3.8, 4) is 0 Å². The van der Waals surface area contributed by atoms with Crippen molar-refractivity contribution in [2.75, 3.05) is 19.7 Å². The van der Waals surface area contributed by atoms with Gasteiger partial charge in [0.05, 0.1) is 23.7 Å². The number of hydrogen-bond donors (Lipinski definition) is 1. The fourth-order valence-electron chi connectivity index (χ4n) is 6.95. The molecule has 216 valence electrons. The molecule has 3 aliphatic heterocycles. The molecule has 1 N–H and O–H groups in total. The van der Waals surface area contributed by atoms with Crippen LogP contribution in [0.1, 0.15) is 91.0 Å². The highest BCUT2D eigenvalue weighted by atomic mass is 16.5. The number of carbonyl (C=O) groups excluding carboxylic acids is 2. The fraction of sp³-hybridized carbons (Fsp3) is 0.429. The molecule has 0 bridgehead atoms. The minimum atomic E-state index is -0.612. The number of dihydropyridines is 1. The molecule has 0 spiro atoms. The summed E-state index contributed by atoms with van der Waals surface area (Å²) in [5.41, 5.74) is 10.5. The van der Waals surface area contributed by atoms with Crippen molar-refractivity contribution in [2.24, 2.45) is 0 Å². The van der Waals surface area contributed by atoms with E-state index in [1.54, 1.807) is 0 Å². The van der Waals surface area contributed by atoms with E-state index in [9.17, 15) is 9.59 Å². The molecule has 3 heterocycles. The number of nitrogens with one attached hydrogen (secondary N) is 1. The van der Waals surface area contributed by atoms with Crippen molar-refractivity contribution in [2.45, 2.75) is 79.8 Å². The van der Waals surface area contributed by atoms with E-state index in [0.717, 1.165) is 76.4 Å². The fourth-order valence-corrected chi connectivity index (χ4v) is 6.95. The summed E-state index contributed by atoms with van der Waals surface area (Å²) in [4.78, 5) is 30.2. The molecule has 41 heavy (non-hydrogen) atoms. The lowest BCUT2D eigenvalue weighted by molar-refractivity contribution is -0.147. The summed E-state index contributed by atoms with van der Waals surface area (Å²) in [7, 11) is 0. The van der Waals surface area contributed by atoms with E-state index in [2.05, 4.69) is 69.1 Å². The highest BCUT2D eigenvalue weighted by Gasteiger charge is 2.46. The Bertz CT molecular complexity index is 1470. The highest BCUT2D eigenvalue weighted by Crippen LogP contribution is 2.48. The van der Waals surface area contributed by atoms with Gasteiger partial charge in [0, 0.05) is 25.2 Å². The van der Waals surface area contributed by atoms with Gasteiger partial charge in [-0.15, -0.1) is 0 Å². The molecule has 0 saturated carbocycles. The summed E-state index contributed by atoms with van der Waals surface area (Å²) in [5.74, 6) is -0.634. The lowest BCUT2D eigenvalue weighted by Gasteiger charge is -2.40. The molecule has 6 heteroatoms. The van der Waals surface area contributed by atoms with Crippen LogP contribution in [0, 0.1) is 27.7 Å². The maximum atomic E-state index is 14.2. The van der Waals surface area contributed by atoms with Crippen LogP contribution in [0.3, 0.4) is 0 Å². The monoisotopic (exact) mass is 554 g/mol. The van der Waals surface area contributed by atoms with Crippen LogP contribution in [0.25, 0.3) is 5.57 Å². The Morgan fingerprint density at radius 3 is 2.41 bits per heavy atom. The third kappa shape index (κ3) is 5.20. The molecule has 2 unspecified atom stereocenters. The third-order valence-corrected chi connectivity index (χ3v) is 8.71. The zero-order chi connectivity index (χ0) is 29.4. The zero-order valence-electron chi connectivity index (χ0n) is 25.4. The number of aryl methyl sites for hydroxylation is 4. The number of esters is 2. The lowest BCUT2D eigenvalue weighted by atomic mass is 9.75. The van der Waals surface area contributed by atoms with Crippen LogP contribution in [0.4, 0.5) is 0 Å². The molecular weight excluding hydrogens is 512 g/mol. The predicted octanol–water partition coefficient (Wildman–Crippen LogP) is 6.84. The highest BCUT2D eigenvalue weighted by molar-refractivity contribution is 6.01. The number of cyclic esters (lactones) is 1. The minimum absolute atomic E-state index is 0.251. The SMILES string of the molecule is C/C=C(/C)c1c(C)cccc1C1C2=C(CC(c3c(C)cc(C)cc3C)OC2=O)NC(N2CCCC2)=C1C(=O)OCC. The van der Waals surface area contributed by atoms with Gasteiger partial charge in [0.1, 0.15) is 11.9 Å². The lowest BCUT2D eigenvalue weighted by Crippen LogP contribution is -2.42. The van der Waals surface area contributed by atoms with E-state index >= 15 is 0 Å². The molecule has 2 aromatic carbocycles. The maximum Gasteiger partial charge on any atom is 0.338 e. The quantitative estimate of drug-likeness (QED) is 0.394. The topological polar surface area (TPSA) is 67.9 Å². The third-order valence-electron chi connectivity index (χ3n) is 8.71. The number of allylic oxidation sites excluding steroid dienone is 2. The molecule has 0 aromatic heterocycles. The summed E-state index contributed by atoms with van der Waals surface area (Å²) >= 11 is 0. The van der Waals surface area contributed by atoms with E-state index in [1.165, 1.54) is 5.56 Å². The van der Waals surface area contributed by atoms with Gasteiger partial charge in [0.15, 0.2) is 0 Å². The molecule has 0 radical (unpaired) electrons. The van der Waals surface area contributed by atoms with E-state index < -0.39 is 18.0 Å².